The molecule has 0 spiro atoms. The summed E-state index contributed by atoms with van der Waals surface area (Å²) in [6.07, 6.45) is 5.49. The highest BCUT2D eigenvalue weighted by Crippen LogP contribution is 2.33. The molecule has 110 valence electrons. The van der Waals surface area contributed by atoms with E-state index in [0.29, 0.717) is 37.6 Å². The SMILES string of the molecule is O=C(O)C1(Cn2nnnc2-c2cnccn2)CCOCC1. The lowest BCUT2D eigenvalue weighted by atomic mass is 9.80. The van der Waals surface area contributed by atoms with Gasteiger partial charge in [0.25, 0.3) is 0 Å². The Bertz CT molecular complexity index is 623. The number of hydrogen-bond donors (Lipinski definition) is 1. The van der Waals surface area contributed by atoms with E-state index in [4.69, 9.17) is 4.74 Å². The molecule has 3 rings (SSSR count). The van der Waals surface area contributed by atoms with Gasteiger partial charge in [-0.05, 0) is 23.3 Å². The second-order valence-corrected chi connectivity index (χ2v) is 4.95. The van der Waals surface area contributed by atoms with Gasteiger partial charge in [0.05, 0.1) is 18.2 Å². The van der Waals surface area contributed by atoms with Crippen molar-refractivity contribution in [1.29, 1.82) is 0 Å². The van der Waals surface area contributed by atoms with E-state index in [-0.39, 0.29) is 6.54 Å². The molecular formula is C12H14N6O3. The minimum absolute atomic E-state index is 0.185. The molecule has 3 heterocycles. The van der Waals surface area contributed by atoms with Crippen molar-refractivity contribution < 1.29 is 14.6 Å². The number of carbonyl (C=O) groups is 1. The normalized spacial score (nSPS) is 17.5. The smallest absolute Gasteiger partial charge is 0.311 e. The van der Waals surface area contributed by atoms with E-state index >= 15 is 0 Å². The predicted octanol–water partition coefficient (Wildman–Crippen LogP) is 0.0115. The van der Waals surface area contributed by atoms with Crippen molar-refractivity contribution in [2.24, 2.45) is 5.41 Å². The third kappa shape index (κ3) is 2.59. The van der Waals surface area contributed by atoms with Crippen molar-refractivity contribution in [3.05, 3.63) is 18.6 Å². The molecule has 1 aliphatic heterocycles. The highest BCUT2D eigenvalue weighted by Gasteiger charge is 2.41. The van der Waals surface area contributed by atoms with Crippen molar-refractivity contribution in [2.45, 2.75) is 19.4 Å². The fourth-order valence-electron chi connectivity index (χ4n) is 2.40. The number of nitrogens with zero attached hydrogens (tertiary/aromatic N) is 6. The molecule has 0 amide bonds. The summed E-state index contributed by atoms with van der Waals surface area (Å²) >= 11 is 0. The molecule has 1 N–H and O–H groups in total. The average molecular weight is 290 g/mol. The van der Waals surface area contributed by atoms with Gasteiger partial charge in [-0.15, -0.1) is 5.10 Å². The van der Waals surface area contributed by atoms with Gasteiger partial charge < -0.3 is 9.84 Å². The number of aromatic nitrogens is 6. The van der Waals surface area contributed by atoms with Crippen LogP contribution in [0.1, 0.15) is 12.8 Å². The lowest BCUT2D eigenvalue weighted by molar-refractivity contribution is -0.156. The molecule has 0 unspecified atom stereocenters. The molecule has 2 aromatic heterocycles. The van der Waals surface area contributed by atoms with Crippen LogP contribution in [0.3, 0.4) is 0 Å². The van der Waals surface area contributed by atoms with Crippen LogP contribution in [0.4, 0.5) is 0 Å². The van der Waals surface area contributed by atoms with Gasteiger partial charge in [-0.25, -0.2) is 9.67 Å². The van der Waals surface area contributed by atoms with Gasteiger partial charge in [0.2, 0.25) is 5.82 Å². The number of carboxylic acid groups (broad SMARTS) is 1. The van der Waals surface area contributed by atoms with E-state index in [2.05, 4.69) is 25.5 Å². The Kier molecular flexibility index (Phi) is 3.57. The van der Waals surface area contributed by atoms with Gasteiger partial charge in [0.15, 0.2) is 0 Å². The summed E-state index contributed by atoms with van der Waals surface area (Å²) in [6, 6.07) is 0. The number of hydrogen-bond acceptors (Lipinski definition) is 7. The maximum absolute atomic E-state index is 11.7. The van der Waals surface area contributed by atoms with Crippen LogP contribution in [0.5, 0.6) is 0 Å². The van der Waals surface area contributed by atoms with Crippen LogP contribution in [-0.4, -0.2) is 54.5 Å². The lowest BCUT2D eigenvalue weighted by Gasteiger charge is -2.32. The lowest BCUT2D eigenvalue weighted by Crippen LogP contribution is -2.41. The zero-order valence-electron chi connectivity index (χ0n) is 11.2. The van der Waals surface area contributed by atoms with E-state index < -0.39 is 11.4 Å². The van der Waals surface area contributed by atoms with Crippen molar-refractivity contribution >= 4 is 5.97 Å². The number of ether oxygens (including phenoxy) is 1. The van der Waals surface area contributed by atoms with Gasteiger partial charge in [0.1, 0.15) is 5.69 Å². The topological polar surface area (TPSA) is 116 Å². The third-order valence-electron chi connectivity index (χ3n) is 3.68. The number of carboxylic acids is 1. The van der Waals surface area contributed by atoms with Gasteiger partial charge in [0, 0.05) is 25.6 Å². The van der Waals surface area contributed by atoms with Crippen molar-refractivity contribution in [3.8, 4) is 11.5 Å². The Morgan fingerprint density at radius 2 is 2.19 bits per heavy atom. The van der Waals surface area contributed by atoms with Crippen LogP contribution in [0, 0.1) is 5.41 Å². The molecule has 1 aliphatic rings. The summed E-state index contributed by atoms with van der Waals surface area (Å²) in [6.45, 7) is 1.04. The summed E-state index contributed by atoms with van der Waals surface area (Å²) < 4.78 is 6.74. The summed E-state index contributed by atoms with van der Waals surface area (Å²) in [7, 11) is 0. The van der Waals surface area contributed by atoms with E-state index in [1.54, 1.807) is 12.4 Å². The monoisotopic (exact) mass is 290 g/mol. The van der Waals surface area contributed by atoms with E-state index in [0.717, 1.165) is 0 Å². The maximum Gasteiger partial charge on any atom is 0.311 e. The predicted molar refractivity (Wildman–Crippen MR) is 69.0 cm³/mol. The zero-order chi connectivity index (χ0) is 14.7. The molecule has 0 bridgehead atoms. The third-order valence-corrected chi connectivity index (χ3v) is 3.68. The standard InChI is InChI=1S/C12H14N6O3/c19-11(20)12(1-5-21-6-2-12)8-18-10(15-16-17-18)9-7-13-3-4-14-9/h3-4,7H,1-2,5-6,8H2,(H,19,20). The molecule has 0 aromatic carbocycles. The molecule has 1 saturated heterocycles. The quantitative estimate of drug-likeness (QED) is 0.837. The zero-order valence-corrected chi connectivity index (χ0v) is 11.2. The van der Waals surface area contributed by atoms with Crippen molar-refractivity contribution in [2.75, 3.05) is 13.2 Å². The molecule has 9 heteroatoms. The Labute approximate surface area is 120 Å². The van der Waals surface area contributed by atoms with Gasteiger partial charge in [-0.2, -0.15) is 0 Å². The average Bonchev–Trinajstić information content (AvgIpc) is 2.97. The minimum Gasteiger partial charge on any atom is -0.481 e. The maximum atomic E-state index is 11.7. The fourth-order valence-corrected chi connectivity index (χ4v) is 2.40. The number of rotatable bonds is 4. The molecule has 1 fully saturated rings. The summed E-state index contributed by atoms with van der Waals surface area (Å²) in [5.74, 6) is -0.443. The largest absolute Gasteiger partial charge is 0.481 e. The first kappa shape index (κ1) is 13.6. The van der Waals surface area contributed by atoms with Crippen LogP contribution in [0.15, 0.2) is 18.6 Å². The Morgan fingerprint density at radius 3 is 2.86 bits per heavy atom. The van der Waals surface area contributed by atoms with Crippen LogP contribution in [-0.2, 0) is 16.1 Å². The van der Waals surface area contributed by atoms with Gasteiger partial charge in [-0.1, -0.05) is 0 Å². The van der Waals surface area contributed by atoms with E-state index in [1.165, 1.54) is 10.9 Å². The van der Waals surface area contributed by atoms with Gasteiger partial charge >= 0.3 is 5.97 Å². The Morgan fingerprint density at radius 1 is 1.38 bits per heavy atom. The first-order chi connectivity index (χ1) is 10.2. The first-order valence-corrected chi connectivity index (χ1v) is 6.55. The highest BCUT2D eigenvalue weighted by molar-refractivity contribution is 5.74. The summed E-state index contributed by atoms with van der Waals surface area (Å²) in [4.78, 5) is 19.8. The number of aliphatic carboxylic acids is 1. The van der Waals surface area contributed by atoms with Crippen LogP contribution in [0.2, 0.25) is 0 Å². The molecule has 0 radical (unpaired) electrons. The molecular weight excluding hydrogens is 276 g/mol. The summed E-state index contributed by atoms with van der Waals surface area (Å²) in [5, 5.41) is 21.0. The van der Waals surface area contributed by atoms with Crippen molar-refractivity contribution in [1.82, 2.24) is 30.2 Å². The van der Waals surface area contributed by atoms with Gasteiger partial charge in [-0.3, -0.25) is 9.78 Å². The molecule has 2 aromatic rings. The molecule has 0 saturated carbocycles. The van der Waals surface area contributed by atoms with Crippen LogP contribution >= 0.6 is 0 Å². The fraction of sp³-hybridized carbons (Fsp3) is 0.500. The van der Waals surface area contributed by atoms with Crippen molar-refractivity contribution in [3.63, 3.8) is 0 Å². The first-order valence-electron chi connectivity index (χ1n) is 6.55. The molecule has 9 nitrogen and oxygen atoms in total. The molecule has 0 aliphatic carbocycles. The number of tetrazole rings is 1. The molecule has 21 heavy (non-hydrogen) atoms. The minimum atomic E-state index is -0.912. The summed E-state index contributed by atoms with van der Waals surface area (Å²) in [5.41, 5.74) is -0.403. The highest BCUT2D eigenvalue weighted by atomic mass is 16.5. The van der Waals surface area contributed by atoms with Crippen LogP contribution in [0.25, 0.3) is 11.5 Å². The second kappa shape index (κ2) is 5.52. The molecule has 0 atom stereocenters. The Balaban J connectivity index is 1.91. The Hall–Kier alpha value is -2.42. The van der Waals surface area contributed by atoms with Crippen LogP contribution < -0.4 is 0 Å². The second-order valence-electron chi connectivity index (χ2n) is 4.95. The van der Waals surface area contributed by atoms with E-state index in [1.807, 2.05) is 0 Å². The van der Waals surface area contributed by atoms with E-state index in [9.17, 15) is 9.90 Å².